The maximum Gasteiger partial charge on any atom is 0.308 e. The zero-order chi connectivity index (χ0) is 11.1. The molecule has 84 valence electrons. The fourth-order valence-electron chi connectivity index (χ4n) is 0.800. The van der Waals surface area contributed by atoms with Gasteiger partial charge in [-0.3, -0.25) is 4.79 Å². The van der Waals surface area contributed by atoms with Gasteiger partial charge in [0.1, 0.15) is 6.61 Å². The standard InChI is InChI=1S/C10H21O3P/c1-5-9(14)13-8(4)6-12-10(11)7(2)3/h7-9H,5-6,14H2,1-4H3. The molecule has 0 fully saturated rings. The third-order valence-electron chi connectivity index (χ3n) is 1.74. The van der Waals surface area contributed by atoms with E-state index in [0.29, 0.717) is 6.61 Å². The summed E-state index contributed by atoms with van der Waals surface area (Å²) in [5, 5.41) is 0. The summed E-state index contributed by atoms with van der Waals surface area (Å²) in [6.45, 7) is 7.92. The molecule has 0 saturated heterocycles. The van der Waals surface area contributed by atoms with Crippen LogP contribution in [0.3, 0.4) is 0 Å². The molecule has 0 aliphatic carbocycles. The van der Waals surface area contributed by atoms with Gasteiger partial charge < -0.3 is 9.47 Å². The molecule has 0 bridgehead atoms. The van der Waals surface area contributed by atoms with Crippen molar-refractivity contribution in [2.45, 2.75) is 46.1 Å². The van der Waals surface area contributed by atoms with Gasteiger partial charge in [0, 0.05) is 0 Å². The van der Waals surface area contributed by atoms with Crippen molar-refractivity contribution in [3.05, 3.63) is 0 Å². The Hall–Kier alpha value is -0.140. The number of hydrogen-bond donors (Lipinski definition) is 0. The Morgan fingerprint density at radius 1 is 1.36 bits per heavy atom. The third kappa shape index (κ3) is 6.33. The first-order chi connectivity index (χ1) is 6.47. The molecule has 0 heterocycles. The van der Waals surface area contributed by atoms with Crippen molar-refractivity contribution in [2.75, 3.05) is 6.61 Å². The Morgan fingerprint density at radius 2 is 1.93 bits per heavy atom. The zero-order valence-corrected chi connectivity index (χ0v) is 10.6. The topological polar surface area (TPSA) is 35.5 Å². The third-order valence-corrected chi connectivity index (χ3v) is 2.37. The van der Waals surface area contributed by atoms with Gasteiger partial charge in [0.05, 0.1) is 17.9 Å². The predicted octanol–water partition coefficient (Wildman–Crippen LogP) is 2.20. The molecule has 0 rings (SSSR count). The summed E-state index contributed by atoms with van der Waals surface area (Å²) in [6.07, 6.45) is 0.896. The Kier molecular flexibility index (Phi) is 7.12. The van der Waals surface area contributed by atoms with Crippen LogP contribution in [0.1, 0.15) is 34.1 Å². The first-order valence-electron chi connectivity index (χ1n) is 5.05. The summed E-state index contributed by atoms with van der Waals surface area (Å²) < 4.78 is 10.6. The molecule has 0 aliphatic heterocycles. The SMILES string of the molecule is CCC(P)OC(C)COC(=O)C(C)C. The van der Waals surface area contributed by atoms with Gasteiger partial charge >= 0.3 is 5.97 Å². The Balaban J connectivity index is 3.63. The molecule has 0 aliphatic rings. The summed E-state index contributed by atoms with van der Waals surface area (Å²) in [7, 11) is 2.61. The number of rotatable bonds is 6. The van der Waals surface area contributed by atoms with Gasteiger partial charge in [-0.2, -0.15) is 0 Å². The lowest BCUT2D eigenvalue weighted by Crippen LogP contribution is -2.23. The molecule has 0 saturated carbocycles. The van der Waals surface area contributed by atoms with Gasteiger partial charge in [-0.1, -0.05) is 20.8 Å². The minimum Gasteiger partial charge on any atom is -0.463 e. The highest BCUT2D eigenvalue weighted by molar-refractivity contribution is 7.17. The average molecular weight is 220 g/mol. The lowest BCUT2D eigenvalue weighted by molar-refractivity contribution is -0.151. The predicted molar refractivity (Wildman–Crippen MR) is 60.1 cm³/mol. The van der Waals surface area contributed by atoms with E-state index in [1.807, 2.05) is 27.7 Å². The Morgan fingerprint density at radius 3 is 2.36 bits per heavy atom. The van der Waals surface area contributed by atoms with Crippen LogP contribution < -0.4 is 0 Å². The van der Waals surface area contributed by atoms with Crippen molar-refractivity contribution in [1.29, 1.82) is 0 Å². The Bertz CT molecular complexity index is 171. The van der Waals surface area contributed by atoms with Crippen LogP contribution in [0, 0.1) is 5.92 Å². The molecule has 3 unspecified atom stereocenters. The molecule has 0 aromatic rings. The minimum absolute atomic E-state index is 0.0415. The summed E-state index contributed by atoms with van der Waals surface area (Å²) in [4.78, 5) is 11.1. The van der Waals surface area contributed by atoms with E-state index >= 15 is 0 Å². The lowest BCUT2D eigenvalue weighted by Gasteiger charge is -2.18. The normalized spacial score (nSPS) is 15.3. The second kappa shape index (κ2) is 7.19. The molecule has 0 aromatic heterocycles. The van der Waals surface area contributed by atoms with Gasteiger partial charge in [-0.25, -0.2) is 0 Å². The molecular formula is C10H21O3P. The zero-order valence-electron chi connectivity index (χ0n) is 9.45. The molecule has 0 amide bonds. The number of ether oxygens (including phenoxy) is 2. The van der Waals surface area contributed by atoms with Crippen LogP contribution in [0.25, 0.3) is 0 Å². The number of carbonyl (C=O) groups is 1. The smallest absolute Gasteiger partial charge is 0.308 e. The van der Waals surface area contributed by atoms with E-state index in [-0.39, 0.29) is 23.8 Å². The van der Waals surface area contributed by atoms with E-state index in [0.717, 1.165) is 6.42 Å². The number of carbonyl (C=O) groups excluding carboxylic acids is 1. The van der Waals surface area contributed by atoms with Crippen LogP contribution in [0.5, 0.6) is 0 Å². The van der Waals surface area contributed by atoms with E-state index in [9.17, 15) is 4.79 Å². The number of hydrogen-bond acceptors (Lipinski definition) is 3. The van der Waals surface area contributed by atoms with Gasteiger partial charge in [0.2, 0.25) is 0 Å². The van der Waals surface area contributed by atoms with Crippen molar-refractivity contribution < 1.29 is 14.3 Å². The van der Waals surface area contributed by atoms with Crippen LogP contribution >= 0.6 is 9.24 Å². The average Bonchev–Trinajstić information content (AvgIpc) is 2.13. The molecule has 3 atom stereocenters. The van der Waals surface area contributed by atoms with Crippen molar-refractivity contribution in [3.8, 4) is 0 Å². The highest BCUT2D eigenvalue weighted by Gasteiger charge is 2.12. The van der Waals surface area contributed by atoms with E-state index in [4.69, 9.17) is 9.47 Å². The van der Waals surface area contributed by atoms with Crippen molar-refractivity contribution in [1.82, 2.24) is 0 Å². The maximum absolute atomic E-state index is 11.1. The first-order valence-corrected chi connectivity index (χ1v) is 5.71. The quantitative estimate of drug-likeness (QED) is 0.508. The highest BCUT2D eigenvalue weighted by Crippen LogP contribution is 2.10. The van der Waals surface area contributed by atoms with E-state index in [1.165, 1.54) is 0 Å². The summed E-state index contributed by atoms with van der Waals surface area (Å²) in [5.74, 6) is -0.0971. The lowest BCUT2D eigenvalue weighted by atomic mass is 10.2. The fourth-order valence-corrected chi connectivity index (χ4v) is 1.07. The van der Waals surface area contributed by atoms with Gasteiger partial charge in [-0.15, -0.1) is 9.24 Å². The Labute approximate surface area is 88.7 Å². The molecular weight excluding hydrogens is 199 g/mol. The first kappa shape index (κ1) is 13.9. The van der Waals surface area contributed by atoms with Crippen LogP contribution in [0.15, 0.2) is 0 Å². The van der Waals surface area contributed by atoms with E-state index in [1.54, 1.807) is 0 Å². The summed E-state index contributed by atoms with van der Waals surface area (Å²) >= 11 is 0. The van der Waals surface area contributed by atoms with Crippen molar-refractivity contribution >= 4 is 15.2 Å². The monoisotopic (exact) mass is 220 g/mol. The summed E-state index contributed by atoms with van der Waals surface area (Å²) in [6, 6.07) is 0. The molecule has 14 heavy (non-hydrogen) atoms. The molecule has 0 radical (unpaired) electrons. The van der Waals surface area contributed by atoms with E-state index in [2.05, 4.69) is 9.24 Å². The molecule has 3 nitrogen and oxygen atoms in total. The maximum atomic E-state index is 11.1. The second-order valence-corrected chi connectivity index (χ2v) is 4.42. The van der Waals surface area contributed by atoms with E-state index < -0.39 is 0 Å². The molecule has 0 aromatic carbocycles. The van der Waals surface area contributed by atoms with Crippen LogP contribution in [-0.4, -0.2) is 24.5 Å². The van der Waals surface area contributed by atoms with Crippen molar-refractivity contribution in [2.24, 2.45) is 5.92 Å². The molecule has 4 heteroatoms. The fraction of sp³-hybridized carbons (Fsp3) is 0.900. The molecule has 0 N–H and O–H groups in total. The molecule has 0 spiro atoms. The van der Waals surface area contributed by atoms with Gasteiger partial charge in [0.15, 0.2) is 0 Å². The number of esters is 1. The van der Waals surface area contributed by atoms with Gasteiger partial charge in [0.25, 0.3) is 0 Å². The largest absolute Gasteiger partial charge is 0.463 e. The minimum atomic E-state index is -0.169. The van der Waals surface area contributed by atoms with Crippen LogP contribution in [0.4, 0.5) is 0 Å². The van der Waals surface area contributed by atoms with Crippen molar-refractivity contribution in [3.63, 3.8) is 0 Å². The van der Waals surface area contributed by atoms with Crippen LogP contribution in [0.2, 0.25) is 0 Å². The van der Waals surface area contributed by atoms with Gasteiger partial charge in [-0.05, 0) is 13.3 Å². The second-order valence-electron chi connectivity index (χ2n) is 3.68. The van der Waals surface area contributed by atoms with Crippen LogP contribution in [-0.2, 0) is 14.3 Å². The highest BCUT2D eigenvalue weighted by atomic mass is 31.0. The summed E-state index contributed by atoms with van der Waals surface area (Å²) in [5.41, 5.74) is 0.